The van der Waals surface area contributed by atoms with E-state index >= 15 is 0 Å². The fourth-order valence-corrected chi connectivity index (χ4v) is 3.32. The van der Waals surface area contributed by atoms with Gasteiger partial charge in [0.05, 0.1) is 18.7 Å². The number of amides is 3. The van der Waals surface area contributed by atoms with Gasteiger partial charge in [-0.25, -0.2) is 4.79 Å². The van der Waals surface area contributed by atoms with Crippen molar-refractivity contribution in [3.8, 4) is 5.75 Å². The summed E-state index contributed by atoms with van der Waals surface area (Å²) in [5, 5.41) is 10.2. The Labute approximate surface area is 143 Å². The number of nitrogens with one attached hydrogen (secondary N) is 3. The highest BCUT2D eigenvalue weighted by Gasteiger charge is 2.31. The van der Waals surface area contributed by atoms with Gasteiger partial charge in [-0.2, -0.15) is 0 Å². The fraction of sp³-hybridized carbons (Fsp3) is 0.176. The molecule has 2 heterocycles. The van der Waals surface area contributed by atoms with Crippen molar-refractivity contribution in [2.75, 3.05) is 12.4 Å². The molecule has 1 aliphatic heterocycles. The Kier molecular flexibility index (Phi) is 4.52. The maximum atomic E-state index is 12.8. The van der Waals surface area contributed by atoms with Gasteiger partial charge in [0.15, 0.2) is 0 Å². The monoisotopic (exact) mass is 343 g/mol. The van der Waals surface area contributed by atoms with Gasteiger partial charge >= 0.3 is 6.03 Å². The number of carbonyl (C=O) groups excluding carboxylic acids is 2. The molecule has 7 heteroatoms. The molecule has 0 fully saturated rings. The Morgan fingerprint density at radius 2 is 2.00 bits per heavy atom. The highest BCUT2D eigenvalue weighted by atomic mass is 32.1. The van der Waals surface area contributed by atoms with Gasteiger partial charge < -0.3 is 20.7 Å². The van der Waals surface area contributed by atoms with Crippen LogP contribution in [0.15, 0.2) is 53.0 Å². The molecule has 1 unspecified atom stereocenters. The topological polar surface area (TPSA) is 79.5 Å². The first-order chi connectivity index (χ1) is 11.6. The molecule has 1 aromatic carbocycles. The molecule has 0 saturated heterocycles. The normalized spacial score (nSPS) is 17.1. The number of hydrogen-bond donors (Lipinski definition) is 3. The molecule has 1 aromatic heterocycles. The second-order valence-corrected chi connectivity index (χ2v) is 6.25. The molecule has 0 radical (unpaired) electrons. The molecule has 0 bridgehead atoms. The Bertz CT molecular complexity index is 782. The zero-order chi connectivity index (χ0) is 17.1. The van der Waals surface area contributed by atoms with E-state index in [9.17, 15) is 9.59 Å². The van der Waals surface area contributed by atoms with E-state index in [1.165, 1.54) is 11.3 Å². The summed E-state index contributed by atoms with van der Waals surface area (Å²) in [7, 11) is 1.59. The number of urea groups is 1. The summed E-state index contributed by atoms with van der Waals surface area (Å²) in [6.07, 6.45) is 0. The highest BCUT2D eigenvalue weighted by molar-refractivity contribution is 7.10. The SMILES string of the molecule is COc1ccc(NC(=O)C2=C(C)NC(=O)NC2c2cccs2)cc1. The first-order valence-corrected chi connectivity index (χ1v) is 8.23. The van der Waals surface area contributed by atoms with Crippen LogP contribution in [0.25, 0.3) is 0 Å². The van der Waals surface area contributed by atoms with Crippen LogP contribution in [0.2, 0.25) is 0 Å². The molecule has 1 atom stereocenters. The van der Waals surface area contributed by atoms with Crippen molar-refractivity contribution in [3.63, 3.8) is 0 Å². The number of thiophene rings is 1. The highest BCUT2D eigenvalue weighted by Crippen LogP contribution is 2.30. The summed E-state index contributed by atoms with van der Waals surface area (Å²) < 4.78 is 5.11. The lowest BCUT2D eigenvalue weighted by molar-refractivity contribution is -0.113. The van der Waals surface area contributed by atoms with Gasteiger partial charge in [0.25, 0.3) is 5.91 Å². The first-order valence-electron chi connectivity index (χ1n) is 7.35. The van der Waals surface area contributed by atoms with Crippen molar-refractivity contribution in [2.45, 2.75) is 13.0 Å². The molecule has 0 spiro atoms. The molecule has 1 aliphatic rings. The third-order valence-corrected chi connectivity index (χ3v) is 4.63. The molecule has 0 aliphatic carbocycles. The Hall–Kier alpha value is -2.80. The first kappa shape index (κ1) is 16.1. The van der Waals surface area contributed by atoms with Crippen LogP contribution in [0.1, 0.15) is 17.8 Å². The summed E-state index contributed by atoms with van der Waals surface area (Å²) in [4.78, 5) is 25.4. The van der Waals surface area contributed by atoms with Crippen molar-refractivity contribution in [1.29, 1.82) is 0 Å². The average Bonchev–Trinajstić information content (AvgIpc) is 3.09. The lowest BCUT2D eigenvalue weighted by Crippen LogP contribution is -2.45. The van der Waals surface area contributed by atoms with Gasteiger partial charge in [0.1, 0.15) is 5.75 Å². The predicted molar refractivity (Wildman–Crippen MR) is 93.1 cm³/mol. The summed E-state index contributed by atoms with van der Waals surface area (Å²) in [6, 6.07) is 10.1. The molecule has 3 rings (SSSR count). The lowest BCUT2D eigenvalue weighted by atomic mass is 10.0. The minimum atomic E-state index is -0.461. The lowest BCUT2D eigenvalue weighted by Gasteiger charge is -2.27. The number of benzene rings is 1. The molecule has 6 nitrogen and oxygen atoms in total. The molecule has 2 aromatic rings. The van der Waals surface area contributed by atoms with Crippen LogP contribution in [0.4, 0.5) is 10.5 Å². The fourth-order valence-electron chi connectivity index (χ4n) is 2.54. The van der Waals surface area contributed by atoms with Gasteiger partial charge in [-0.05, 0) is 42.6 Å². The minimum Gasteiger partial charge on any atom is -0.497 e. The van der Waals surface area contributed by atoms with Crippen LogP contribution in [0.3, 0.4) is 0 Å². The molecule has 124 valence electrons. The Morgan fingerprint density at radius 1 is 1.25 bits per heavy atom. The van der Waals surface area contributed by atoms with Crippen LogP contribution >= 0.6 is 11.3 Å². The summed E-state index contributed by atoms with van der Waals surface area (Å²) in [6.45, 7) is 1.72. The number of rotatable bonds is 4. The van der Waals surface area contributed by atoms with Crippen molar-refractivity contribution in [2.24, 2.45) is 0 Å². The van der Waals surface area contributed by atoms with E-state index < -0.39 is 6.04 Å². The largest absolute Gasteiger partial charge is 0.497 e. The molecule has 3 N–H and O–H groups in total. The van der Waals surface area contributed by atoms with Gasteiger partial charge in [0.2, 0.25) is 0 Å². The van der Waals surface area contributed by atoms with Crippen molar-refractivity contribution >= 4 is 29.0 Å². The van der Waals surface area contributed by atoms with E-state index in [1.54, 1.807) is 38.3 Å². The zero-order valence-electron chi connectivity index (χ0n) is 13.3. The minimum absolute atomic E-state index is 0.261. The number of hydrogen-bond acceptors (Lipinski definition) is 4. The molecule has 24 heavy (non-hydrogen) atoms. The van der Waals surface area contributed by atoms with Crippen LogP contribution in [0.5, 0.6) is 5.75 Å². The number of allylic oxidation sites excluding steroid dienone is 1. The Balaban J connectivity index is 1.87. The van der Waals surface area contributed by atoms with Crippen LogP contribution in [-0.2, 0) is 4.79 Å². The van der Waals surface area contributed by atoms with Gasteiger partial charge in [0, 0.05) is 16.3 Å². The van der Waals surface area contributed by atoms with Crippen LogP contribution in [0, 0.1) is 0 Å². The average molecular weight is 343 g/mol. The van der Waals surface area contributed by atoms with E-state index in [4.69, 9.17) is 4.74 Å². The zero-order valence-corrected chi connectivity index (χ0v) is 14.1. The van der Waals surface area contributed by atoms with E-state index in [2.05, 4.69) is 16.0 Å². The van der Waals surface area contributed by atoms with Gasteiger partial charge in [-0.15, -0.1) is 11.3 Å². The maximum absolute atomic E-state index is 12.8. The maximum Gasteiger partial charge on any atom is 0.319 e. The quantitative estimate of drug-likeness (QED) is 0.798. The number of anilines is 1. The van der Waals surface area contributed by atoms with Crippen molar-refractivity contribution in [3.05, 3.63) is 57.9 Å². The summed E-state index contributed by atoms with van der Waals surface area (Å²) in [5.74, 6) is 0.454. The van der Waals surface area contributed by atoms with Crippen molar-refractivity contribution < 1.29 is 14.3 Å². The number of carbonyl (C=O) groups is 2. The predicted octanol–water partition coefficient (Wildman–Crippen LogP) is 3.02. The van der Waals surface area contributed by atoms with Crippen LogP contribution < -0.4 is 20.7 Å². The van der Waals surface area contributed by atoms with E-state index in [1.807, 2.05) is 17.5 Å². The second kappa shape index (κ2) is 6.76. The van der Waals surface area contributed by atoms with E-state index in [-0.39, 0.29) is 11.9 Å². The smallest absolute Gasteiger partial charge is 0.319 e. The van der Waals surface area contributed by atoms with E-state index in [0.29, 0.717) is 22.7 Å². The molecular formula is C17H17N3O3S. The number of methoxy groups -OCH3 is 1. The third kappa shape index (κ3) is 3.26. The van der Waals surface area contributed by atoms with Gasteiger partial charge in [-0.3, -0.25) is 4.79 Å². The summed E-state index contributed by atoms with van der Waals surface area (Å²) in [5.41, 5.74) is 1.69. The van der Waals surface area contributed by atoms with E-state index in [0.717, 1.165) is 4.88 Å². The van der Waals surface area contributed by atoms with Crippen molar-refractivity contribution in [1.82, 2.24) is 10.6 Å². The second-order valence-electron chi connectivity index (χ2n) is 5.27. The number of ether oxygens (including phenoxy) is 1. The molecule has 0 saturated carbocycles. The van der Waals surface area contributed by atoms with Gasteiger partial charge in [-0.1, -0.05) is 6.07 Å². The summed E-state index contributed by atoms with van der Waals surface area (Å²) >= 11 is 1.49. The third-order valence-electron chi connectivity index (χ3n) is 3.69. The molecular weight excluding hydrogens is 326 g/mol. The standard InChI is InChI=1S/C17H17N3O3S/c1-10-14(15(20-17(22)18-10)13-4-3-9-24-13)16(21)19-11-5-7-12(23-2)8-6-11/h3-9,15H,1-2H3,(H,19,21)(H2,18,20,22). The Morgan fingerprint density at radius 3 is 2.62 bits per heavy atom. The molecule has 3 amide bonds. The van der Waals surface area contributed by atoms with Crippen LogP contribution in [-0.4, -0.2) is 19.0 Å².